The Morgan fingerprint density at radius 1 is 1.07 bits per heavy atom. The molecule has 2 aliphatic rings. The molecule has 1 N–H and O–H groups in total. The smallest absolute Gasteiger partial charge is 0.263 e. The van der Waals surface area contributed by atoms with Gasteiger partial charge in [-0.2, -0.15) is 5.10 Å². The van der Waals surface area contributed by atoms with E-state index in [0.717, 1.165) is 10.7 Å². The predicted octanol–water partition coefficient (Wildman–Crippen LogP) is 2.34. The van der Waals surface area contributed by atoms with Gasteiger partial charge in [0.2, 0.25) is 0 Å². The van der Waals surface area contributed by atoms with Gasteiger partial charge >= 0.3 is 0 Å². The summed E-state index contributed by atoms with van der Waals surface area (Å²) in [5.74, 6) is 1.60. The largest absolute Gasteiger partial charge is 0.337 e. The molecule has 0 saturated carbocycles. The number of carbonyl (C=O) groups is 2. The molecule has 29 heavy (non-hydrogen) atoms. The molecule has 0 bridgehead atoms. The Labute approximate surface area is 172 Å². The summed E-state index contributed by atoms with van der Waals surface area (Å²) in [7, 11) is 0. The lowest BCUT2D eigenvalue weighted by atomic mass is 9.80. The summed E-state index contributed by atoms with van der Waals surface area (Å²) in [6.45, 7) is 4.09. The van der Waals surface area contributed by atoms with Crippen LogP contribution in [0.5, 0.6) is 0 Å². The third-order valence-corrected chi connectivity index (χ3v) is 6.84. The van der Waals surface area contributed by atoms with E-state index >= 15 is 0 Å². The van der Waals surface area contributed by atoms with E-state index in [0.29, 0.717) is 37.6 Å². The van der Waals surface area contributed by atoms with Crippen molar-refractivity contribution >= 4 is 23.2 Å². The van der Waals surface area contributed by atoms with E-state index in [1.807, 2.05) is 64.6 Å². The fourth-order valence-electron chi connectivity index (χ4n) is 4.58. The molecule has 3 aromatic rings. The van der Waals surface area contributed by atoms with Crippen molar-refractivity contribution in [2.75, 3.05) is 26.2 Å². The van der Waals surface area contributed by atoms with Gasteiger partial charge in [0.1, 0.15) is 5.82 Å². The molecule has 2 atom stereocenters. The highest BCUT2D eigenvalue weighted by Crippen LogP contribution is 2.44. The van der Waals surface area contributed by atoms with Crippen molar-refractivity contribution < 1.29 is 9.59 Å². The molecule has 0 radical (unpaired) electrons. The molecule has 7 nitrogen and oxygen atoms in total. The molecule has 2 fully saturated rings. The molecule has 2 aromatic heterocycles. The molecule has 8 heteroatoms. The number of nitrogens with one attached hydrogen (secondary N) is 1. The topological polar surface area (TPSA) is 82.2 Å². The normalized spacial score (nSPS) is 23.4. The highest BCUT2D eigenvalue weighted by Gasteiger charge is 2.57. The highest BCUT2D eigenvalue weighted by molar-refractivity contribution is 7.12. The van der Waals surface area contributed by atoms with E-state index in [2.05, 4.69) is 15.2 Å². The lowest BCUT2D eigenvalue weighted by molar-refractivity contribution is 0.0734. The standard InChI is InChI=1S/C21H21N5O2S/c1-14-22-20(24-23-14)21-12-25(18(27)15-6-3-2-4-7-15)10-16(21)11-26(13-21)19(28)17-8-5-9-29-17/h2-9,16H,10-13H2,1H3,(H,22,23,24). The second-order valence-corrected chi connectivity index (χ2v) is 8.76. The van der Waals surface area contributed by atoms with E-state index in [-0.39, 0.29) is 17.7 Å². The Balaban J connectivity index is 1.46. The van der Waals surface area contributed by atoms with Gasteiger partial charge in [-0.15, -0.1) is 11.3 Å². The summed E-state index contributed by atoms with van der Waals surface area (Å²) in [6.07, 6.45) is 0. The van der Waals surface area contributed by atoms with Gasteiger partial charge in [0, 0.05) is 37.7 Å². The van der Waals surface area contributed by atoms with Gasteiger partial charge < -0.3 is 9.80 Å². The van der Waals surface area contributed by atoms with Gasteiger partial charge in [-0.1, -0.05) is 24.3 Å². The first-order valence-corrected chi connectivity index (χ1v) is 10.5. The number of thiophene rings is 1. The number of nitrogens with zero attached hydrogens (tertiary/aromatic N) is 4. The average Bonchev–Trinajstić information content (AvgIpc) is 3.50. The minimum atomic E-state index is -0.442. The summed E-state index contributed by atoms with van der Waals surface area (Å²) >= 11 is 1.45. The number of benzene rings is 1. The van der Waals surface area contributed by atoms with Crippen molar-refractivity contribution in [3.05, 3.63) is 69.9 Å². The van der Waals surface area contributed by atoms with Crippen LogP contribution < -0.4 is 0 Å². The van der Waals surface area contributed by atoms with Crippen LogP contribution >= 0.6 is 11.3 Å². The maximum absolute atomic E-state index is 13.1. The Kier molecular flexibility index (Phi) is 4.24. The van der Waals surface area contributed by atoms with Gasteiger partial charge in [-0.3, -0.25) is 14.7 Å². The number of hydrogen-bond acceptors (Lipinski definition) is 5. The van der Waals surface area contributed by atoms with Crippen LogP contribution in [0.3, 0.4) is 0 Å². The Bertz CT molecular complexity index is 1050. The molecule has 2 aliphatic heterocycles. The van der Waals surface area contributed by atoms with Crippen molar-refractivity contribution in [3.8, 4) is 0 Å². The van der Waals surface area contributed by atoms with Gasteiger partial charge in [0.05, 0.1) is 10.3 Å². The van der Waals surface area contributed by atoms with Crippen LogP contribution in [0.25, 0.3) is 0 Å². The monoisotopic (exact) mass is 407 g/mol. The quantitative estimate of drug-likeness (QED) is 0.723. The molecule has 2 saturated heterocycles. The third kappa shape index (κ3) is 2.95. The highest BCUT2D eigenvalue weighted by atomic mass is 32.1. The number of carbonyl (C=O) groups excluding carboxylic acids is 2. The average molecular weight is 407 g/mol. The molecular formula is C21H21N5O2S. The number of fused-ring (bicyclic) bond motifs is 1. The van der Waals surface area contributed by atoms with E-state index in [1.54, 1.807) is 0 Å². The Morgan fingerprint density at radius 3 is 2.41 bits per heavy atom. The van der Waals surface area contributed by atoms with Crippen molar-refractivity contribution in [3.63, 3.8) is 0 Å². The zero-order chi connectivity index (χ0) is 20.0. The molecule has 0 aliphatic carbocycles. The van der Waals surface area contributed by atoms with E-state index < -0.39 is 5.41 Å². The third-order valence-electron chi connectivity index (χ3n) is 5.98. The predicted molar refractivity (Wildman–Crippen MR) is 109 cm³/mol. The molecule has 1 aromatic carbocycles. The number of hydrogen-bond donors (Lipinski definition) is 1. The number of H-pyrrole nitrogens is 1. The molecular weight excluding hydrogens is 386 g/mol. The summed E-state index contributed by atoms with van der Waals surface area (Å²) < 4.78 is 0. The Hall–Kier alpha value is -3.00. The zero-order valence-corrected chi connectivity index (χ0v) is 16.9. The van der Waals surface area contributed by atoms with Crippen molar-refractivity contribution in [2.24, 2.45) is 5.92 Å². The van der Waals surface area contributed by atoms with Crippen LogP contribution in [0.2, 0.25) is 0 Å². The fraction of sp³-hybridized carbons (Fsp3) is 0.333. The molecule has 2 unspecified atom stereocenters. The first-order chi connectivity index (χ1) is 14.1. The fourth-order valence-corrected chi connectivity index (χ4v) is 5.27. The van der Waals surface area contributed by atoms with Gasteiger partial charge in [-0.05, 0) is 30.5 Å². The number of aromatic amines is 1. The Morgan fingerprint density at radius 2 is 1.79 bits per heavy atom. The van der Waals surface area contributed by atoms with E-state index in [4.69, 9.17) is 0 Å². The molecule has 5 rings (SSSR count). The molecule has 0 spiro atoms. The number of likely N-dealkylation sites (tertiary alicyclic amines) is 2. The van der Waals surface area contributed by atoms with E-state index in [1.165, 1.54) is 11.3 Å². The van der Waals surface area contributed by atoms with Crippen LogP contribution in [0.4, 0.5) is 0 Å². The van der Waals surface area contributed by atoms with Gasteiger partial charge in [0.15, 0.2) is 5.82 Å². The van der Waals surface area contributed by atoms with Gasteiger partial charge in [0.25, 0.3) is 11.8 Å². The molecule has 2 amide bonds. The summed E-state index contributed by atoms with van der Waals surface area (Å²) in [5.41, 5.74) is 0.239. The lowest BCUT2D eigenvalue weighted by Crippen LogP contribution is -2.41. The summed E-state index contributed by atoms with van der Waals surface area (Å²) in [4.78, 5) is 35.2. The number of aryl methyl sites for hydroxylation is 1. The van der Waals surface area contributed by atoms with Crippen LogP contribution in [-0.4, -0.2) is 63.0 Å². The SMILES string of the molecule is Cc1nc(C23CN(C(=O)c4ccccc4)CC2CN(C(=O)c2cccs2)C3)n[nH]1. The molecule has 148 valence electrons. The number of aromatic nitrogens is 3. The molecule has 4 heterocycles. The second kappa shape index (κ2) is 6.81. The first-order valence-electron chi connectivity index (χ1n) is 9.63. The maximum atomic E-state index is 13.1. The van der Waals surface area contributed by atoms with Crippen molar-refractivity contribution in [1.82, 2.24) is 25.0 Å². The van der Waals surface area contributed by atoms with Crippen molar-refractivity contribution in [2.45, 2.75) is 12.3 Å². The minimum Gasteiger partial charge on any atom is -0.337 e. The van der Waals surface area contributed by atoms with Crippen LogP contribution in [0.1, 0.15) is 31.7 Å². The zero-order valence-electron chi connectivity index (χ0n) is 16.0. The van der Waals surface area contributed by atoms with E-state index in [9.17, 15) is 9.59 Å². The number of amides is 2. The number of rotatable bonds is 3. The van der Waals surface area contributed by atoms with Crippen LogP contribution in [0.15, 0.2) is 47.8 Å². The van der Waals surface area contributed by atoms with Gasteiger partial charge in [-0.25, -0.2) is 4.98 Å². The second-order valence-electron chi connectivity index (χ2n) is 7.81. The lowest BCUT2D eigenvalue weighted by Gasteiger charge is -2.26. The summed E-state index contributed by atoms with van der Waals surface area (Å²) in [6, 6.07) is 13.1. The summed E-state index contributed by atoms with van der Waals surface area (Å²) in [5, 5.41) is 9.29. The minimum absolute atomic E-state index is 0.0164. The maximum Gasteiger partial charge on any atom is 0.263 e. The van der Waals surface area contributed by atoms with Crippen LogP contribution in [-0.2, 0) is 5.41 Å². The first kappa shape index (κ1) is 18.1. The van der Waals surface area contributed by atoms with Crippen molar-refractivity contribution in [1.29, 1.82) is 0 Å². The van der Waals surface area contributed by atoms with Crippen LogP contribution in [0, 0.1) is 12.8 Å².